The average Bonchev–Trinajstić information content (AvgIpc) is 2.80. The number of nitrogens with one attached hydrogen (secondary N) is 1. The van der Waals surface area contributed by atoms with Crippen LogP contribution in [0.2, 0.25) is 0 Å². The molecule has 0 spiro atoms. The summed E-state index contributed by atoms with van der Waals surface area (Å²) in [6.45, 7) is 2.10. The molecular formula is C25H28ClF3N2O5. The quantitative estimate of drug-likeness (QED) is 0.495. The number of allylic oxidation sites excluding steroid dienone is 3. The number of alkyl halides is 3. The number of ether oxygens (including phenoxy) is 1. The molecule has 2 N–H and O–H groups in total. The third kappa shape index (κ3) is 6.81. The number of piperidine rings is 1. The van der Waals surface area contributed by atoms with Crippen LogP contribution in [-0.2, 0) is 19.8 Å². The molecule has 0 bridgehead atoms. The number of benzene rings is 1. The Morgan fingerprint density at radius 3 is 2.61 bits per heavy atom. The fourth-order valence-electron chi connectivity index (χ4n) is 4.49. The van der Waals surface area contributed by atoms with E-state index in [0.717, 1.165) is 12.8 Å². The van der Waals surface area contributed by atoms with Crippen molar-refractivity contribution in [1.29, 1.82) is 0 Å². The summed E-state index contributed by atoms with van der Waals surface area (Å²) in [4.78, 5) is 37.9. The summed E-state index contributed by atoms with van der Waals surface area (Å²) in [6.07, 6.45) is 0.626. The van der Waals surface area contributed by atoms with E-state index < -0.39 is 29.7 Å². The molecule has 1 saturated heterocycles. The molecular weight excluding hydrogens is 501 g/mol. The Labute approximate surface area is 211 Å². The lowest BCUT2D eigenvalue weighted by Crippen LogP contribution is -2.51. The van der Waals surface area contributed by atoms with Crippen LogP contribution in [0.25, 0.3) is 0 Å². The Morgan fingerprint density at radius 2 is 1.94 bits per heavy atom. The number of likely N-dealkylation sites (tertiary alicyclic amines) is 1. The lowest BCUT2D eigenvalue weighted by molar-refractivity contribution is -0.275. The average molecular weight is 529 g/mol. The summed E-state index contributed by atoms with van der Waals surface area (Å²) in [5, 5.41) is 11.8. The van der Waals surface area contributed by atoms with Crippen molar-refractivity contribution < 1.29 is 37.4 Å². The summed E-state index contributed by atoms with van der Waals surface area (Å²) < 4.78 is 42.9. The van der Waals surface area contributed by atoms with Crippen molar-refractivity contribution in [2.24, 2.45) is 0 Å². The number of carbonyl (C=O) groups is 3. The molecule has 11 heteroatoms. The highest BCUT2D eigenvalue weighted by Gasteiger charge is 2.39. The van der Waals surface area contributed by atoms with Gasteiger partial charge in [-0.1, -0.05) is 42.8 Å². The molecule has 1 aliphatic carbocycles. The largest absolute Gasteiger partial charge is 0.573 e. The summed E-state index contributed by atoms with van der Waals surface area (Å²) in [5.41, 5.74) is -0.356. The number of nitrogens with zero attached hydrogens (tertiary/aromatic N) is 1. The lowest BCUT2D eigenvalue weighted by atomic mass is 9.76. The van der Waals surface area contributed by atoms with Crippen LogP contribution in [0, 0.1) is 0 Å². The number of carbonyl (C=O) groups excluding carboxylic acids is 2. The van der Waals surface area contributed by atoms with Gasteiger partial charge in [0.05, 0.1) is 0 Å². The molecule has 0 saturated carbocycles. The monoisotopic (exact) mass is 528 g/mol. The third-order valence-corrected chi connectivity index (χ3v) is 6.95. The van der Waals surface area contributed by atoms with Crippen molar-refractivity contribution in [2.75, 3.05) is 6.54 Å². The number of para-hydroxylation sites is 1. The highest BCUT2D eigenvalue weighted by Crippen LogP contribution is 2.45. The van der Waals surface area contributed by atoms with Gasteiger partial charge in [0.25, 0.3) is 0 Å². The minimum atomic E-state index is -4.86. The molecule has 1 aliphatic heterocycles. The highest BCUT2D eigenvalue weighted by atomic mass is 35.5. The van der Waals surface area contributed by atoms with Gasteiger partial charge in [0.1, 0.15) is 11.8 Å². The zero-order valence-electron chi connectivity index (χ0n) is 19.7. The Hall–Kier alpha value is -3.01. The Balaban J connectivity index is 1.71. The molecule has 1 heterocycles. The van der Waals surface area contributed by atoms with Crippen molar-refractivity contribution in [2.45, 2.75) is 69.7 Å². The second kappa shape index (κ2) is 11.4. The predicted molar refractivity (Wildman–Crippen MR) is 126 cm³/mol. The van der Waals surface area contributed by atoms with E-state index in [-0.39, 0.29) is 47.9 Å². The predicted octanol–water partition coefficient (Wildman–Crippen LogP) is 5.01. The van der Waals surface area contributed by atoms with Gasteiger partial charge < -0.3 is 20.1 Å². The van der Waals surface area contributed by atoms with E-state index in [9.17, 15) is 27.6 Å². The van der Waals surface area contributed by atoms with Crippen LogP contribution in [0.4, 0.5) is 13.2 Å². The zero-order valence-corrected chi connectivity index (χ0v) is 20.5. The molecule has 2 atom stereocenters. The highest BCUT2D eigenvalue weighted by molar-refractivity contribution is 6.31. The fourth-order valence-corrected chi connectivity index (χ4v) is 4.79. The number of carboxylic acids is 1. The van der Waals surface area contributed by atoms with Gasteiger partial charge in [-0.05, 0) is 44.2 Å². The summed E-state index contributed by atoms with van der Waals surface area (Å²) in [5.74, 6) is -1.99. The number of hydrogen-bond acceptors (Lipinski definition) is 4. The van der Waals surface area contributed by atoms with Gasteiger partial charge in [-0.3, -0.25) is 14.4 Å². The fraction of sp³-hybridized carbons (Fsp3) is 0.480. The molecule has 196 valence electrons. The van der Waals surface area contributed by atoms with E-state index >= 15 is 0 Å². The molecule has 7 nitrogen and oxygen atoms in total. The van der Waals surface area contributed by atoms with Gasteiger partial charge in [0.2, 0.25) is 11.8 Å². The number of hydrogen-bond donors (Lipinski definition) is 2. The molecule has 2 aliphatic rings. The van der Waals surface area contributed by atoms with E-state index in [1.807, 2.05) is 0 Å². The lowest BCUT2D eigenvalue weighted by Gasteiger charge is -2.36. The number of halogens is 4. The molecule has 1 aromatic rings. The second-order valence-electron chi connectivity index (χ2n) is 9.07. The normalized spacial score (nSPS) is 22.4. The summed E-state index contributed by atoms with van der Waals surface area (Å²) in [7, 11) is 0. The van der Waals surface area contributed by atoms with Gasteiger partial charge in [-0.15, -0.1) is 13.2 Å². The molecule has 3 rings (SSSR count). The second-order valence-corrected chi connectivity index (χ2v) is 9.47. The topological polar surface area (TPSA) is 95.9 Å². The van der Waals surface area contributed by atoms with Crippen molar-refractivity contribution in [3.8, 4) is 5.75 Å². The third-order valence-electron chi connectivity index (χ3n) is 6.42. The van der Waals surface area contributed by atoms with Gasteiger partial charge in [0.15, 0.2) is 0 Å². The van der Waals surface area contributed by atoms with Crippen LogP contribution in [0.3, 0.4) is 0 Å². The van der Waals surface area contributed by atoms with Crippen molar-refractivity contribution in [3.05, 3.63) is 52.7 Å². The van der Waals surface area contributed by atoms with Gasteiger partial charge in [-0.25, -0.2) is 0 Å². The van der Waals surface area contributed by atoms with Crippen LogP contribution in [0.5, 0.6) is 5.75 Å². The van der Waals surface area contributed by atoms with Crippen LogP contribution >= 0.6 is 11.6 Å². The Bertz CT molecular complexity index is 1070. The molecule has 1 fully saturated rings. The van der Waals surface area contributed by atoms with Gasteiger partial charge >= 0.3 is 12.3 Å². The summed E-state index contributed by atoms with van der Waals surface area (Å²) >= 11 is 6.55. The molecule has 36 heavy (non-hydrogen) atoms. The van der Waals surface area contributed by atoms with Gasteiger partial charge in [-0.2, -0.15) is 0 Å². The smallest absolute Gasteiger partial charge is 0.481 e. The van der Waals surface area contributed by atoms with E-state index in [2.05, 4.69) is 10.1 Å². The van der Waals surface area contributed by atoms with E-state index in [4.69, 9.17) is 16.7 Å². The molecule has 0 radical (unpaired) electrons. The maximum absolute atomic E-state index is 13.1. The zero-order chi connectivity index (χ0) is 26.5. The Morgan fingerprint density at radius 1 is 1.22 bits per heavy atom. The first kappa shape index (κ1) is 27.6. The van der Waals surface area contributed by atoms with E-state index in [0.29, 0.717) is 18.7 Å². The van der Waals surface area contributed by atoms with E-state index in [1.54, 1.807) is 19.1 Å². The first-order valence-electron chi connectivity index (χ1n) is 11.7. The number of amides is 2. The van der Waals surface area contributed by atoms with E-state index in [1.165, 1.54) is 29.2 Å². The minimum Gasteiger partial charge on any atom is -0.481 e. The maximum Gasteiger partial charge on any atom is 0.573 e. The van der Waals surface area contributed by atoms with Gasteiger partial charge in [0, 0.05) is 41.1 Å². The summed E-state index contributed by atoms with van der Waals surface area (Å²) in [6, 6.07) is 5.09. The maximum atomic E-state index is 13.1. The number of aliphatic carboxylic acids is 1. The van der Waals surface area contributed by atoms with Crippen molar-refractivity contribution in [3.63, 3.8) is 0 Å². The molecule has 2 amide bonds. The van der Waals surface area contributed by atoms with Crippen molar-refractivity contribution >= 4 is 29.4 Å². The molecule has 2 unspecified atom stereocenters. The van der Waals surface area contributed by atoms with Crippen LogP contribution < -0.4 is 10.1 Å². The first-order valence-corrected chi connectivity index (χ1v) is 12.0. The molecule has 0 aromatic heterocycles. The molecule has 1 aromatic carbocycles. The van der Waals surface area contributed by atoms with Crippen LogP contribution in [0.15, 0.2) is 47.1 Å². The Kier molecular flexibility index (Phi) is 8.71. The standard InChI is InChI=1S/C25H28ClF3N2O5/c1-24(17-7-2-3-9-19(17)36-25(27,28)29)13-12-16(15-20(24)26)30-23(35)18-8-4-5-14-31(18)21(32)10-6-11-22(33)34/h2-3,7,9,12,15,18H,4-6,8,10-11,13-14H2,1H3,(H,30,35)(H,33,34). The SMILES string of the molecule is CC1(c2ccccc2OC(F)(F)F)CC=C(NC(=O)C2CCCCN2C(=O)CCCC(=O)O)C=C1Cl. The minimum absolute atomic E-state index is 0.0439. The number of carboxylic acid groups (broad SMARTS) is 1. The van der Waals surface area contributed by atoms with Crippen LogP contribution in [0.1, 0.15) is 57.4 Å². The number of rotatable bonds is 8. The van der Waals surface area contributed by atoms with Crippen molar-refractivity contribution in [1.82, 2.24) is 10.2 Å². The first-order chi connectivity index (χ1) is 16.9. The van der Waals surface area contributed by atoms with Crippen LogP contribution in [-0.4, -0.2) is 46.7 Å².